The maximum atomic E-state index is 4.22. The van der Waals surface area contributed by atoms with Crippen LogP contribution < -0.4 is 0 Å². The minimum atomic E-state index is 0.0353. The van der Waals surface area contributed by atoms with Gasteiger partial charge < -0.3 is 4.48 Å². The summed E-state index contributed by atoms with van der Waals surface area (Å²) >= 11 is 0. The number of aromatic nitrogens is 3. The number of rotatable bonds is 5. The molecule has 98 valence electrons. The monoisotopic (exact) mass is 239 g/mol. The zero-order valence-electron chi connectivity index (χ0n) is 12.2. The Morgan fingerprint density at radius 1 is 1.18 bits per heavy atom. The molecule has 17 heavy (non-hydrogen) atoms. The van der Waals surface area contributed by atoms with Gasteiger partial charge in [0.05, 0.1) is 38.9 Å². The van der Waals surface area contributed by atoms with Crippen LogP contribution in [0.2, 0.25) is 0 Å². The summed E-state index contributed by atoms with van der Waals surface area (Å²) in [5.74, 6) is 0. The van der Waals surface area contributed by atoms with E-state index in [1.807, 2.05) is 4.68 Å². The van der Waals surface area contributed by atoms with E-state index in [1.165, 1.54) is 19.4 Å². The molecule has 4 nitrogen and oxygen atoms in total. The molecule has 4 heteroatoms. The lowest BCUT2D eigenvalue weighted by atomic mass is 10.1. The fourth-order valence-electron chi connectivity index (χ4n) is 1.63. The summed E-state index contributed by atoms with van der Waals surface area (Å²) in [6.45, 7) is 7.64. The Hall–Kier alpha value is -0.900. The molecule has 0 aliphatic heterocycles. The van der Waals surface area contributed by atoms with Gasteiger partial charge in [-0.05, 0) is 40.0 Å². The van der Waals surface area contributed by atoms with Crippen LogP contribution in [0.5, 0.6) is 0 Å². The molecule has 0 aromatic carbocycles. The fourth-order valence-corrected chi connectivity index (χ4v) is 1.63. The van der Waals surface area contributed by atoms with E-state index < -0.39 is 0 Å². The lowest BCUT2D eigenvalue weighted by molar-refractivity contribution is -0.870. The Balaban J connectivity index is 2.36. The average molecular weight is 239 g/mol. The number of quaternary nitrogens is 1. The largest absolute Gasteiger partial charge is 0.331 e. The van der Waals surface area contributed by atoms with E-state index in [0.717, 1.165) is 16.6 Å². The van der Waals surface area contributed by atoms with Crippen LogP contribution >= 0.6 is 0 Å². The molecule has 1 rings (SSSR count). The van der Waals surface area contributed by atoms with Crippen molar-refractivity contribution in [2.45, 2.75) is 45.6 Å². The van der Waals surface area contributed by atoms with Gasteiger partial charge >= 0.3 is 0 Å². The lowest BCUT2D eigenvalue weighted by Crippen LogP contribution is -2.35. The molecule has 0 amide bonds. The smallest absolute Gasteiger partial charge is 0.0827 e. The molecule has 0 fully saturated rings. The molecule has 1 aromatic heterocycles. The van der Waals surface area contributed by atoms with Crippen molar-refractivity contribution in [2.75, 3.05) is 27.7 Å². The molecule has 0 radical (unpaired) electrons. The second-order valence-electron chi connectivity index (χ2n) is 6.80. The van der Waals surface area contributed by atoms with E-state index >= 15 is 0 Å². The summed E-state index contributed by atoms with van der Waals surface area (Å²) in [6.07, 6.45) is 5.55. The Kier molecular flexibility index (Phi) is 4.31. The zero-order valence-corrected chi connectivity index (χ0v) is 12.2. The van der Waals surface area contributed by atoms with E-state index in [0.29, 0.717) is 0 Å². The van der Waals surface area contributed by atoms with Crippen molar-refractivity contribution in [1.29, 1.82) is 0 Å². The van der Waals surface area contributed by atoms with Gasteiger partial charge in [0.1, 0.15) is 0 Å². The maximum Gasteiger partial charge on any atom is 0.0827 e. The zero-order chi connectivity index (χ0) is 13.1. The molecule has 0 N–H and O–H groups in total. The molecule has 0 spiro atoms. The maximum absolute atomic E-state index is 4.22. The van der Waals surface area contributed by atoms with Crippen LogP contribution in [0.1, 0.15) is 39.3 Å². The molecular weight excluding hydrogens is 212 g/mol. The third kappa shape index (κ3) is 5.31. The second-order valence-corrected chi connectivity index (χ2v) is 6.80. The molecule has 0 bridgehead atoms. The standard InChI is InChI=1S/C13H27N4/c1-13(2,3)16-11-12(14-15-16)9-7-8-10-17(4,5)6/h11H,7-10H2,1-6H3/q+1. The van der Waals surface area contributed by atoms with Gasteiger partial charge in [0.2, 0.25) is 0 Å². The highest BCUT2D eigenvalue weighted by molar-refractivity contribution is 4.94. The quantitative estimate of drug-likeness (QED) is 0.582. The third-order valence-corrected chi connectivity index (χ3v) is 2.74. The van der Waals surface area contributed by atoms with Gasteiger partial charge in [0.25, 0.3) is 0 Å². The Bertz CT molecular complexity index is 341. The highest BCUT2D eigenvalue weighted by Gasteiger charge is 2.15. The fraction of sp³-hybridized carbons (Fsp3) is 0.846. The second kappa shape index (κ2) is 5.17. The van der Waals surface area contributed by atoms with Gasteiger partial charge in [-0.1, -0.05) is 5.21 Å². The molecule has 0 saturated carbocycles. The third-order valence-electron chi connectivity index (χ3n) is 2.74. The van der Waals surface area contributed by atoms with Crippen LogP contribution in [-0.4, -0.2) is 47.2 Å². The molecular formula is C13H27N4+. The van der Waals surface area contributed by atoms with Crippen molar-refractivity contribution in [3.05, 3.63) is 11.9 Å². The molecule has 0 unspecified atom stereocenters. The van der Waals surface area contributed by atoms with Gasteiger partial charge in [-0.15, -0.1) is 5.10 Å². The predicted molar refractivity (Wildman–Crippen MR) is 70.9 cm³/mol. The summed E-state index contributed by atoms with van der Waals surface area (Å²) in [5, 5.41) is 8.40. The first kappa shape index (κ1) is 14.2. The molecule has 1 aromatic rings. The summed E-state index contributed by atoms with van der Waals surface area (Å²) in [4.78, 5) is 0. The summed E-state index contributed by atoms with van der Waals surface area (Å²) in [6, 6.07) is 0. The van der Waals surface area contributed by atoms with Crippen LogP contribution in [0.25, 0.3) is 0 Å². The van der Waals surface area contributed by atoms with E-state index in [9.17, 15) is 0 Å². The van der Waals surface area contributed by atoms with Gasteiger partial charge in [0, 0.05) is 6.20 Å². The normalized spacial score (nSPS) is 13.1. The Labute approximate surface area is 105 Å². The Morgan fingerprint density at radius 2 is 1.82 bits per heavy atom. The van der Waals surface area contributed by atoms with E-state index in [2.05, 4.69) is 58.4 Å². The first-order valence-electron chi connectivity index (χ1n) is 6.41. The van der Waals surface area contributed by atoms with Crippen molar-refractivity contribution >= 4 is 0 Å². The van der Waals surface area contributed by atoms with E-state index in [-0.39, 0.29) is 5.54 Å². The summed E-state index contributed by atoms with van der Waals surface area (Å²) in [5.41, 5.74) is 1.15. The predicted octanol–water partition coefficient (Wildman–Crippen LogP) is 2.06. The minimum Gasteiger partial charge on any atom is -0.331 e. The number of unbranched alkanes of at least 4 members (excludes halogenated alkanes) is 1. The van der Waals surface area contributed by atoms with Crippen LogP contribution in [0.4, 0.5) is 0 Å². The molecule has 0 aliphatic rings. The van der Waals surface area contributed by atoms with Crippen LogP contribution in [0.15, 0.2) is 6.20 Å². The van der Waals surface area contributed by atoms with Crippen LogP contribution in [0.3, 0.4) is 0 Å². The number of hydrogen-bond donors (Lipinski definition) is 0. The van der Waals surface area contributed by atoms with Crippen molar-refractivity contribution in [1.82, 2.24) is 15.0 Å². The SMILES string of the molecule is CC(C)(C)n1cc(CCCC[N+](C)(C)C)nn1. The van der Waals surface area contributed by atoms with Crippen molar-refractivity contribution in [2.24, 2.45) is 0 Å². The number of aryl methyl sites for hydroxylation is 1. The Morgan fingerprint density at radius 3 is 2.29 bits per heavy atom. The van der Waals surface area contributed by atoms with E-state index in [4.69, 9.17) is 0 Å². The first-order valence-corrected chi connectivity index (χ1v) is 6.41. The van der Waals surface area contributed by atoms with Gasteiger partial charge in [0.15, 0.2) is 0 Å². The van der Waals surface area contributed by atoms with Gasteiger partial charge in [-0.25, -0.2) is 4.68 Å². The van der Waals surface area contributed by atoms with Crippen LogP contribution in [-0.2, 0) is 12.0 Å². The van der Waals surface area contributed by atoms with Crippen molar-refractivity contribution < 1.29 is 4.48 Å². The minimum absolute atomic E-state index is 0.0353. The average Bonchev–Trinajstić information content (AvgIpc) is 2.58. The molecule has 1 heterocycles. The summed E-state index contributed by atoms with van der Waals surface area (Å²) in [7, 11) is 6.70. The van der Waals surface area contributed by atoms with Gasteiger partial charge in [-0.3, -0.25) is 0 Å². The topological polar surface area (TPSA) is 30.7 Å². The van der Waals surface area contributed by atoms with Crippen LogP contribution in [0, 0.1) is 0 Å². The van der Waals surface area contributed by atoms with Crippen molar-refractivity contribution in [3.8, 4) is 0 Å². The lowest BCUT2D eigenvalue weighted by Gasteiger charge is -2.23. The van der Waals surface area contributed by atoms with Crippen molar-refractivity contribution in [3.63, 3.8) is 0 Å². The van der Waals surface area contributed by atoms with E-state index in [1.54, 1.807) is 0 Å². The summed E-state index contributed by atoms with van der Waals surface area (Å²) < 4.78 is 2.98. The molecule has 0 aliphatic carbocycles. The number of hydrogen-bond acceptors (Lipinski definition) is 2. The highest BCUT2D eigenvalue weighted by atomic mass is 15.4. The molecule has 0 saturated heterocycles. The van der Waals surface area contributed by atoms with Gasteiger partial charge in [-0.2, -0.15) is 0 Å². The number of nitrogens with zero attached hydrogens (tertiary/aromatic N) is 4. The first-order chi connectivity index (χ1) is 7.68. The highest BCUT2D eigenvalue weighted by Crippen LogP contribution is 2.12. The molecule has 0 atom stereocenters.